The molecule has 0 bridgehead atoms. The van der Waals surface area contributed by atoms with Gasteiger partial charge in [-0.2, -0.15) is 0 Å². The van der Waals surface area contributed by atoms with Crippen LogP contribution < -0.4 is 9.47 Å². The number of aromatic nitrogens is 1. The van der Waals surface area contributed by atoms with Crippen LogP contribution in [-0.4, -0.2) is 57.1 Å². The molecule has 0 amide bonds. The van der Waals surface area contributed by atoms with Gasteiger partial charge >= 0.3 is 5.97 Å². The van der Waals surface area contributed by atoms with Gasteiger partial charge in [0.05, 0.1) is 31.6 Å². The molecule has 0 N–H and O–H groups in total. The monoisotopic (exact) mass is 463 g/mol. The molecule has 1 atom stereocenters. The van der Waals surface area contributed by atoms with Crippen LogP contribution in [0.5, 0.6) is 11.5 Å². The highest BCUT2D eigenvalue weighted by atomic mass is 32.2. The fraction of sp³-hybridized carbons (Fsp3) is 0.478. The number of Topliss-reactive ketones (excluding diaryl/α,β-unsaturated/α-hetero) is 1. The number of sulfone groups is 1. The van der Waals surface area contributed by atoms with E-state index in [0.717, 1.165) is 23.4 Å². The lowest BCUT2D eigenvalue weighted by atomic mass is 10.1. The predicted molar refractivity (Wildman–Crippen MR) is 119 cm³/mol. The van der Waals surface area contributed by atoms with Crippen molar-refractivity contribution >= 4 is 21.6 Å². The summed E-state index contributed by atoms with van der Waals surface area (Å²) >= 11 is 0. The van der Waals surface area contributed by atoms with Gasteiger partial charge in [-0.1, -0.05) is 6.07 Å². The minimum atomic E-state index is -3.18. The van der Waals surface area contributed by atoms with Crippen molar-refractivity contribution in [3.05, 3.63) is 46.8 Å². The first-order valence-electron chi connectivity index (χ1n) is 10.4. The number of methoxy groups -OCH3 is 2. The number of ether oxygens (including phenoxy) is 3. The molecule has 1 aliphatic heterocycles. The van der Waals surface area contributed by atoms with E-state index >= 15 is 0 Å². The van der Waals surface area contributed by atoms with E-state index in [2.05, 4.69) is 4.57 Å². The third-order valence-electron chi connectivity index (χ3n) is 5.86. The topological polar surface area (TPSA) is 101 Å². The third kappa shape index (κ3) is 5.32. The number of nitrogens with zero attached hydrogens (tertiary/aromatic N) is 1. The number of hydrogen-bond acceptors (Lipinski definition) is 7. The van der Waals surface area contributed by atoms with Crippen molar-refractivity contribution in [1.29, 1.82) is 0 Å². The Hall–Kier alpha value is -2.81. The first-order chi connectivity index (χ1) is 15.1. The smallest absolute Gasteiger partial charge is 0.310 e. The molecule has 0 radical (unpaired) electrons. The Labute approximate surface area is 188 Å². The van der Waals surface area contributed by atoms with Gasteiger partial charge in [-0.15, -0.1) is 0 Å². The van der Waals surface area contributed by atoms with Crippen molar-refractivity contribution in [1.82, 2.24) is 4.57 Å². The lowest BCUT2D eigenvalue weighted by molar-refractivity contribution is -0.146. The highest BCUT2D eigenvalue weighted by Crippen LogP contribution is 2.28. The Morgan fingerprint density at radius 3 is 2.44 bits per heavy atom. The number of aryl methyl sites for hydroxylation is 2. The molecule has 1 unspecified atom stereocenters. The van der Waals surface area contributed by atoms with Crippen molar-refractivity contribution in [2.24, 2.45) is 5.92 Å². The number of hydrogen-bond donors (Lipinski definition) is 0. The average molecular weight is 464 g/mol. The lowest BCUT2D eigenvalue weighted by Gasteiger charge is -2.12. The van der Waals surface area contributed by atoms with Crippen LogP contribution in [0.3, 0.4) is 0 Å². The van der Waals surface area contributed by atoms with E-state index in [9.17, 15) is 18.0 Å². The normalized spacial score (nSPS) is 17.2. The molecule has 2 aromatic rings. The van der Waals surface area contributed by atoms with Gasteiger partial charge in [0.25, 0.3) is 0 Å². The molecule has 1 aromatic heterocycles. The van der Waals surface area contributed by atoms with Crippen LogP contribution in [0.1, 0.15) is 33.7 Å². The Morgan fingerprint density at radius 1 is 1.09 bits per heavy atom. The summed E-state index contributed by atoms with van der Waals surface area (Å²) in [6, 6.07) is 7.56. The van der Waals surface area contributed by atoms with Crippen molar-refractivity contribution in [2.45, 2.75) is 33.2 Å². The molecule has 3 rings (SSSR count). The Kier molecular flexibility index (Phi) is 7.28. The summed E-state index contributed by atoms with van der Waals surface area (Å²) in [4.78, 5) is 24.8. The van der Waals surface area contributed by atoms with E-state index < -0.39 is 28.3 Å². The predicted octanol–water partition coefficient (Wildman–Crippen LogP) is 2.53. The molecule has 32 heavy (non-hydrogen) atoms. The van der Waals surface area contributed by atoms with Gasteiger partial charge < -0.3 is 18.8 Å². The summed E-state index contributed by atoms with van der Waals surface area (Å²) in [6.07, 6.45) is 0.982. The van der Waals surface area contributed by atoms with Crippen LogP contribution in [0.2, 0.25) is 0 Å². The lowest BCUT2D eigenvalue weighted by Crippen LogP contribution is -2.22. The van der Waals surface area contributed by atoms with Crippen molar-refractivity contribution in [2.75, 3.05) is 32.3 Å². The molecule has 0 saturated carbocycles. The van der Waals surface area contributed by atoms with Gasteiger partial charge in [-0.25, -0.2) is 8.42 Å². The minimum Gasteiger partial charge on any atom is -0.493 e. The zero-order valence-corrected chi connectivity index (χ0v) is 19.7. The quantitative estimate of drug-likeness (QED) is 0.416. The summed E-state index contributed by atoms with van der Waals surface area (Å²) in [5.74, 6) is -0.485. The number of carbonyl (C=O) groups excluding carboxylic acids is 2. The SMILES string of the molecule is COc1ccc(CCn2c(C)cc(C(=O)COC(=O)C3CCS(=O)(=O)C3)c2C)cc1OC. The number of rotatable bonds is 9. The number of esters is 1. The van der Waals surface area contributed by atoms with E-state index in [4.69, 9.17) is 14.2 Å². The molecule has 8 nitrogen and oxygen atoms in total. The maximum absolute atomic E-state index is 12.7. The van der Waals surface area contributed by atoms with Gasteiger partial charge in [0, 0.05) is 23.5 Å². The van der Waals surface area contributed by atoms with E-state index in [1.54, 1.807) is 20.3 Å². The Bertz CT molecular complexity index is 1120. The van der Waals surface area contributed by atoms with Crippen LogP contribution in [0.15, 0.2) is 24.3 Å². The fourth-order valence-electron chi connectivity index (χ4n) is 4.02. The van der Waals surface area contributed by atoms with Gasteiger partial charge in [0.1, 0.15) is 0 Å². The molecule has 1 saturated heterocycles. The summed E-state index contributed by atoms with van der Waals surface area (Å²) in [5, 5.41) is 0. The first-order valence-corrected chi connectivity index (χ1v) is 12.2. The summed E-state index contributed by atoms with van der Waals surface area (Å²) < 4.78 is 40.9. The van der Waals surface area contributed by atoms with Crippen molar-refractivity contribution in [3.8, 4) is 11.5 Å². The molecule has 0 spiro atoms. The second-order valence-electron chi connectivity index (χ2n) is 8.01. The van der Waals surface area contributed by atoms with Crippen molar-refractivity contribution < 1.29 is 32.2 Å². The van der Waals surface area contributed by atoms with Gasteiger partial charge in [-0.3, -0.25) is 9.59 Å². The van der Waals surface area contributed by atoms with Crippen LogP contribution in [-0.2, 0) is 32.3 Å². The molecule has 0 aliphatic carbocycles. The summed E-state index contributed by atoms with van der Waals surface area (Å²) in [5.41, 5.74) is 3.30. The van der Waals surface area contributed by atoms with E-state index in [1.165, 1.54) is 0 Å². The molecule has 1 aliphatic rings. The highest BCUT2D eigenvalue weighted by molar-refractivity contribution is 7.91. The standard InChI is InChI=1S/C23H29NO7S/c1-15-11-19(20(25)13-31-23(26)18-8-10-32(27,28)14-18)16(2)24(15)9-7-17-5-6-21(29-3)22(12-17)30-4/h5-6,11-12,18H,7-10,13-14H2,1-4H3. The average Bonchev–Trinajstić information content (AvgIpc) is 3.28. The molecule has 174 valence electrons. The fourth-order valence-corrected chi connectivity index (χ4v) is 5.74. The second-order valence-corrected chi connectivity index (χ2v) is 10.2. The highest BCUT2D eigenvalue weighted by Gasteiger charge is 2.34. The zero-order chi connectivity index (χ0) is 23.5. The van der Waals surface area contributed by atoms with Crippen LogP contribution in [0, 0.1) is 19.8 Å². The summed E-state index contributed by atoms with van der Waals surface area (Å²) in [6.45, 7) is 4.06. The summed E-state index contributed by atoms with van der Waals surface area (Å²) in [7, 11) is 0.00634. The van der Waals surface area contributed by atoms with Crippen molar-refractivity contribution in [3.63, 3.8) is 0 Å². The zero-order valence-electron chi connectivity index (χ0n) is 18.8. The van der Waals surface area contributed by atoms with E-state index in [1.807, 2.05) is 32.0 Å². The number of ketones is 1. The first kappa shape index (κ1) is 23.8. The number of carbonyl (C=O) groups is 2. The maximum atomic E-state index is 12.7. The van der Waals surface area contributed by atoms with E-state index in [0.29, 0.717) is 23.6 Å². The minimum absolute atomic E-state index is 0.0120. The van der Waals surface area contributed by atoms with E-state index in [-0.39, 0.29) is 23.7 Å². The third-order valence-corrected chi connectivity index (χ3v) is 7.63. The largest absolute Gasteiger partial charge is 0.493 e. The van der Waals surface area contributed by atoms with Gasteiger partial charge in [-0.05, 0) is 50.5 Å². The number of benzene rings is 1. The Morgan fingerprint density at radius 2 is 1.81 bits per heavy atom. The van der Waals surface area contributed by atoms with Crippen LogP contribution in [0.25, 0.3) is 0 Å². The van der Waals surface area contributed by atoms with Crippen LogP contribution >= 0.6 is 0 Å². The van der Waals surface area contributed by atoms with Crippen LogP contribution in [0.4, 0.5) is 0 Å². The molecule has 1 aromatic carbocycles. The van der Waals surface area contributed by atoms with Gasteiger partial charge in [0.2, 0.25) is 5.78 Å². The molecular formula is C23H29NO7S. The van der Waals surface area contributed by atoms with Gasteiger partial charge in [0.15, 0.2) is 27.9 Å². The second kappa shape index (κ2) is 9.77. The molecule has 2 heterocycles. The molecular weight excluding hydrogens is 434 g/mol. The maximum Gasteiger partial charge on any atom is 0.310 e. The Balaban J connectivity index is 1.62. The molecule has 9 heteroatoms. The molecule has 1 fully saturated rings.